The average Bonchev–Trinajstić information content (AvgIpc) is 2.90. The van der Waals surface area contributed by atoms with Crippen LogP contribution in [0.5, 0.6) is 5.75 Å². The Hall–Kier alpha value is -2.26. The lowest BCUT2D eigenvalue weighted by molar-refractivity contribution is 0.310. The molecule has 2 aromatic carbocycles. The number of nitrogens with two attached hydrogens (primary N) is 1. The quantitative estimate of drug-likeness (QED) is 0.749. The lowest BCUT2D eigenvalue weighted by atomic mass is 10.1. The highest BCUT2D eigenvalue weighted by Gasteiger charge is 2.08. The number of aromatic nitrogens is 1. The first-order valence-corrected chi connectivity index (χ1v) is 6.34. The molecule has 0 amide bonds. The monoisotopic (exact) mass is 252 g/mol. The van der Waals surface area contributed by atoms with Crippen molar-refractivity contribution in [3.05, 3.63) is 65.9 Å². The van der Waals surface area contributed by atoms with E-state index in [0.29, 0.717) is 13.2 Å². The summed E-state index contributed by atoms with van der Waals surface area (Å²) in [7, 11) is 0. The molecule has 0 aliphatic heterocycles. The predicted molar refractivity (Wildman–Crippen MR) is 77.0 cm³/mol. The predicted octanol–water partition coefficient (Wildman–Crippen LogP) is 3.21. The van der Waals surface area contributed by atoms with Crippen molar-refractivity contribution in [2.45, 2.75) is 13.2 Å². The SMILES string of the molecule is NCc1c[nH]c2cccc(OCc3ccccc3)c12. The highest BCUT2D eigenvalue weighted by molar-refractivity contribution is 5.89. The molecule has 0 aliphatic carbocycles. The van der Waals surface area contributed by atoms with Gasteiger partial charge in [0.2, 0.25) is 0 Å². The second kappa shape index (κ2) is 5.16. The summed E-state index contributed by atoms with van der Waals surface area (Å²) in [5.74, 6) is 0.878. The molecule has 3 heteroatoms. The zero-order valence-electron chi connectivity index (χ0n) is 10.6. The number of fused-ring (bicyclic) bond motifs is 1. The van der Waals surface area contributed by atoms with Crippen LogP contribution in [-0.2, 0) is 13.2 Å². The molecule has 3 nitrogen and oxygen atoms in total. The van der Waals surface area contributed by atoms with Crippen LogP contribution >= 0.6 is 0 Å². The zero-order chi connectivity index (χ0) is 13.1. The van der Waals surface area contributed by atoms with Gasteiger partial charge in [0.25, 0.3) is 0 Å². The smallest absolute Gasteiger partial charge is 0.129 e. The summed E-state index contributed by atoms with van der Waals surface area (Å²) in [5, 5.41) is 1.08. The highest BCUT2D eigenvalue weighted by atomic mass is 16.5. The third kappa shape index (κ3) is 2.33. The fourth-order valence-corrected chi connectivity index (χ4v) is 2.24. The second-order valence-corrected chi connectivity index (χ2v) is 4.47. The lowest BCUT2D eigenvalue weighted by Crippen LogP contribution is -1.98. The molecule has 0 aliphatic rings. The number of aromatic amines is 1. The molecule has 0 spiro atoms. The Morgan fingerprint density at radius 3 is 2.63 bits per heavy atom. The minimum Gasteiger partial charge on any atom is -0.488 e. The molecule has 0 bridgehead atoms. The van der Waals surface area contributed by atoms with E-state index in [1.54, 1.807) is 0 Å². The maximum atomic E-state index is 5.93. The minimum absolute atomic E-state index is 0.506. The second-order valence-electron chi connectivity index (χ2n) is 4.47. The summed E-state index contributed by atoms with van der Waals surface area (Å²) >= 11 is 0. The molecule has 0 saturated heterocycles. The fourth-order valence-electron chi connectivity index (χ4n) is 2.24. The first-order valence-electron chi connectivity index (χ1n) is 6.34. The van der Waals surface area contributed by atoms with Crippen molar-refractivity contribution in [3.8, 4) is 5.75 Å². The summed E-state index contributed by atoms with van der Waals surface area (Å²) in [4.78, 5) is 3.22. The molecule has 96 valence electrons. The van der Waals surface area contributed by atoms with E-state index in [2.05, 4.69) is 17.1 Å². The van der Waals surface area contributed by atoms with Gasteiger partial charge >= 0.3 is 0 Å². The summed E-state index contributed by atoms with van der Waals surface area (Å²) < 4.78 is 5.93. The van der Waals surface area contributed by atoms with E-state index in [-0.39, 0.29) is 0 Å². The van der Waals surface area contributed by atoms with Gasteiger partial charge in [-0.05, 0) is 23.3 Å². The Morgan fingerprint density at radius 1 is 1.00 bits per heavy atom. The third-order valence-corrected chi connectivity index (χ3v) is 3.21. The van der Waals surface area contributed by atoms with Crippen molar-refractivity contribution >= 4 is 10.9 Å². The molecule has 3 N–H and O–H groups in total. The van der Waals surface area contributed by atoms with Gasteiger partial charge in [0.05, 0.1) is 0 Å². The van der Waals surface area contributed by atoms with Gasteiger partial charge in [-0.3, -0.25) is 0 Å². The molecular formula is C16H16N2O. The molecule has 0 radical (unpaired) electrons. The van der Waals surface area contributed by atoms with E-state index in [1.807, 2.05) is 42.6 Å². The molecule has 0 atom stereocenters. The van der Waals surface area contributed by atoms with Gasteiger partial charge in [0.15, 0.2) is 0 Å². The number of hydrogen-bond acceptors (Lipinski definition) is 2. The van der Waals surface area contributed by atoms with Gasteiger partial charge in [0.1, 0.15) is 12.4 Å². The topological polar surface area (TPSA) is 51.0 Å². The first-order chi connectivity index (χ1) is 9.38. The summed E-state index contributed by atoms with van der Waals surface area (Å²) in [5.41, 5.74) is 9.06. The van der Waals surface area contributed by atoms with Gasteiger partial charge < -0.3 is 15.5 Å². The molecule has 1 aromatic heterocycles. The van der Waals surface area contributed by atoms with Crippen molar-refractivity contribution in [3.63, 3.8) is 0 Å². The highest BCUT2D eigenvalue weighted by Crippen LogP contribution is 2.29. The van der Waals surface area contributed by atoms with Crippen molar-refractivity contribution in [1.82, 2.24) is 4.98 Å². The normalized spacial score (nSPS) is 10.8. The van der Waals surface area contributed by atoms with Crippen molar-refractivity contribution in [1.29, 1.82) is 0 Å². The fraction of sp³-hybridized carbons (Fsp3) is 0.125. The molecule has 3 aromatic rings. The summed E-state index contributed by atoms with van der Waals surface area (Å²) in [6, 6.07) is 16.1. The van der Waals surface area contributed by atoms with Gasteiger partial charge in [0, 0.05) is 23.6 Å². The lowest BCUT2D eigenvalue weighted by Gasteiger charge is -2.08. The van der Waals surface area contributed by atoms with Crippen LogP contribution in [0.1, 0.15) is 11.1 Å². The van der Waals surface area contributed by atoms with Crippen molar-refractivity contribution in [2.75, 3.05) is 0 Å². The number of H-pyrrole nitrogens is 1. The maximum absolute atomic E-state index is 5.93. The molecule has 0 fully saturated rings. The minimum atomic E-state index is 0.506. The van der Waals surface area contributed by atoms with E-state index < -0.39 is 0 Å². The number of benzene rings is 2. The Labute approximate surface area is 112 Å². The van der Waals surface area contributed by atoms with Crippen LogP contribution in [0, 0.1) is 0 Å². The molecule has 19 heavy (non-hydrogen) atoms. The first kappa shape index (κ1) is 11.8. The van der Waals surface area contributed by atoms with Gasteiger partial charge in [-0.15, -0.1) is 0 Å². The standard InChI is InChI=1S/C16H16N2O/c17-9-13-10-18-14-7-4-8-15(16(13)14)19-11-12-5-2-1-3-6-12/h1-8,10,18H,9,11,17H2. The third-order valence-electron chi connectivity index (χ3n) is 3.21. The molecule has 0 saturated carbocycles. The van der Waals surface area contributed by atoms with Crippen LogP contribution < -0.4 is 10.5 Å². The van der Waals surface area contributed by atoms with Crippen molar-refractivity contribution < 1.29 is 4.74 Å². The van der Waals surface area contributed by atoms with Crippen LogP contribution in [-0.4, -0.2) is 4.98 Å². The average molecular weight is 252 g/mol. The number of nitrogens with one attached hydrogen (secondary N) is 1. The maximum Gasteiger partial charge on any atom is 0.129 e. The largest absolute Gasteiger partial charge is 0.488 e. The Kier molecular flexibility index (Phi) is 3.21. The summed E-state index contributed by atoms with van der Waals surface area (Å²) in [6.45, 7) is 1.07. The Balaban J connectivity index is 1.90. The Morgan fingerprint density at radius 2 is 1.84 bits per heavy atom. The molecule has 3 rings (SSSR count). The van der Waals surface area contributed by atoms with E-state index in [1.165, 1.54) is 0 Å². The van der Waals surface area contributed by atoms with Crippen LogP contribution in [0.15, 0.2) is 54.7 Å². The van der Waals surface area contributed by atoms with Crippen LogP contribution in [0.25, 0.3) is 10.9 Å². The Bertz CT molecular complexity index is 674. The van der Waals surface area contributed by atoms with Gasteiger partial charge in [-0.2, -0.15) is 0 Å². The van der Waals surface area contributed by atoms with E-state index in [4.69, 9.17) is 10.5 Å². The summed E-state index contributed by atoms with van der Waals surface area (Å²) in [6.07, 6.45) is 1.94. The van der Waals surface area contributed by atoms with E-state index >= 15 is 0 Å². The zero-order valence-corrected chi connectivity index (χ0v) is 10.6. The van der Waals surface area contributed by atoms with Crippen LogP contribution in [0.3, 0.4) is 0 Å². The molecule has 0 unspecified atom stereocenters. The number of ether oxygens (including phenoxy) is 1. The number of rotatable bonds is 4. The molecule has 1 heterocycles. The van der Waals surface area contributed by atoms with Gasteiger partial charge in [-0.25, -0.2) is 0 Å². The number of hydrogen-bond donors (Lipinski definition) is 2. The van der Waals surface area contributed by atoms with E-state index in [9.17, 15) is 0 Å². The van der Waals surface area contributed by atoms with Crippen LogP contribution in [0.4, 0.5) is 0 Å². The van der Waals surface area contributed by atoms with E-state index in [0.717, 1.165) is 27.8 Å². The van der Waals surface area contributed by atoms with Crippen molar-refractivity contribution in [2.24, 2.45) is 5.73 Å². The van der Waals surface area contributed by atoms with Crippen LogP contribution in [0.2, 0.25) is 0 Å². The molecular weight excluding hydrogens is 236 g/mol. The van der Waals surface area contributed by atoms with Gasteiger partial charge in [-0.1, -0.05) is 36.4 Å².